The van der Waals surface area contributed by atoms with E-state index >= 15 is 0 Å². The largest absolute Gasteiger partial charge is 0.353 e. The normalized spacial score (nSPS) is 24.1. The number of Topliss-reactive ketones (excluding diaryl/α,β-unsaturated/α-hetero) is 2. The third-order valence-electron chi connectivity index (χ3n) is 4.30. The van der Waals surface area contributed by atoms with Gasteiger partial charge in [-0.05, 0) is 26.2 Å². The average Bonchev–Trinajstić information content (AvgIpc) is 2.44. The van der Waals surface area contributed by atoms with Crippen molar-refractivity contribution >= 4 is 11.6 Å². The van der Waals surface area contributed by atoms with Crippen LogP contribution in [0.5, 0.6) is 0 Å². The van der Waals surface area contributed by atoms with Crippen LogP contribution in [0.15, 0.2) is 0 Å². The number of carbonyl (C=O) groups excluding carboxylic acids is 2. The molecule has 0 amide bonds. The Hall–Kier alpha value is -0.740. The first-order chi connectivity index (χ1) is 9.70. The van der Waals surface area contributed by atoms with Gasteiger partial charge in [-0.3, -0.25) is 9.59 Å². The maximum atomic E-state index is 11.9. The van der Waals surface area contributed by atoms with Crippen molar-refractivity contribution in [2.45, 2.75) is 77.1 Å². The number of ether oxygens (including phenoxy) is 2. The lowest BCUT2D eigenvalue weighted by molar-refractivity contribution is -0.185. The number of hydrogen-bond donors (Lipinski definition) is 0. The molecular weight excluding hydrogens is 256 g/mol. The lowest BCUT2D eigenvalue weighted by Gasteiger charge is -2.30. The van der Waals surface area contributed by atoms with Gasteiger partial charge in [0.05, 0.1) is 12.0 Å². The Morgan fingerprint density at radius 2 is 1.70 bits per heavy atom. The van der Waals surface area contributed by atoms with Gasteiger partial charge < -0.3 is 9.47 Å². The summed E-state index contributed by atoms with van der Waals surface area (Å²) in [5, 5.41) is 0. The van der Waals surface area contributed by atoms with E-state index in [2.05, 4.69) is 0 Å². The Labute approximate surface area is 121 Å². The van der Waals surface area contributed by atoms with Crippen LogP contribution in [0.1, 0.15) is 64.7 Å². The summed E-state index contributed by atoms with van der Waals surface area (Å²) in [6.45, 7) is 2.47. The molecule has 0 spiro atoms. The summed E-state index contributed by atoms with van der Waals surface area (Å²) in [4.78, 5) is 23.8. The summed E-state index contributed by atoms with van der Waals surface area (Å²) in [5.41, 5.74) is 0. The first kappa shape index (κ1) is 15.6. The molecule has 0 N–H and O–H groups in total. The van der Waals surface area contributed by atoms with Gasteiger partial charge in [-0.1, -0.05) is 19.3 Å². The predicted octanol–water partition coefficient (Wildman–Crippen LogP) is 3.03. The van der Waals surface area contributed by atoms with Crippen LogP contribution < -0.4 is 0 Å². The second-order valence-corrected chi connectivity index (χ2v) is 5.86. The Bertz CT molecular complexity index is 317. The van der Waals surface area contributed by atoms with Crippen molar-refractivity contribution < 1.29 is 19.1 Å². The molecule has 0 aromatic rings. The lowest BCUT2D eigenvalue weighted by Crippen LogP contribution is -2.35. The van der Waals surface area contributed by atoms with Gasteiger partial charge in [0.25, 0.3) is 0 Å². The van der Waals surface area contributed by atoms with Crippen LogP contribution in [0.3, 0.4) is 0 Å². The summed E-state index contributed by atoms with van der Waals surface area (Å²) in [5.74, 6) is -0.361. The Morgan fingerprint density at radius 1 is 1.05 bits per heavy atom. The SMILES string of the molecule is CCOC(CC1C(=O)CCCC1=O)OC1CCCCC1. The summed E-state index contributed by atoms with van der Waals surface area (Å²) < 4.78 is 11.6. The van der Waals surface area contributed by atoms with E-state index in [9.17, 15) is 9.59 Å². The summed E-state index contributed by atoms with van der Waals surface area (Å²) in [6, 6.07) is 0. The maximum Gasteiger partial charge on any atom is 0.159 e. The first-order valence-corrected chi connectivity index (χ1v) is 8.03. The molecule has 0 aromatic heterocycles. The van der Waals surface area contributed by atoms with Crippen molar-refractivity contribution in [1.29, 1.82) is 0 Å². The molecule has 1 atom stereocenters. The van der Waals surface area contributed by atoms with E-state index in [1.807, 2.05) is 6.92 Å². The van der Waals surface area contributed by atoms with Crippen LogP contribution in [-0.4, -0.2) is 30.6 Å². The molecule has 2 fully saturated rings. The van der Waals surface area contributed by atoms with Gasteiger partial charge in [-0.2, -0.15) is 0 Å². The van der Waals surface area contributed by atoms with Crippen LogP contribution in [0.2, 0.25) is 0 Å². The summed E-state index contributed by atoms with van der Waals surface area (Å²) in [6.07, 6.45) is 7.80. The fourth-order valence-corrected chi connectivity index (χ4v) is 3.18. The molecule has 0 heterocycles. The fraction of sp³-hybridized carbons (Fsp3) is 0.875. The zero-order chi connectivity index (χ0) is 14.4. The maximum absolute atomic E-state index is 11.9. The van der Waals surface area contributed by atoms with Crippen molar-refractivity contribution in [3.63, 3.8) is 0 Å². The predicted molar refractivity (Wildman–Crippen MR) is 75.3 cm³/mol. The van der Waals surface area contributed by atoms with Gasteiger partial charge in [0.2, 0.25) is 0 Å². The molecule has 2 rings (SSSR count). The van der Waals surface area contributed by atoms with E-state index in [0.29, 0.717) is 32.3 Å². The smallest absolute Gasteiger partial charge is 0.159 e. The van der Waals surface area contributed by atoms with Gasteiger partial charge in [0.1, 0.15) is 11.6 Å². The molecule has 2 aliphatic rings. The topological polar surface area (TPSA) is 52.6 Å². The van der Waals surface area contributed by atoms with Crippen LogP contribution in [0.4, 0.5) is 0 Å². The summed E-state index contributed by atoms with van der Waals surface area (Å²) >= 11 is 0. The number of ketones is 2. The van der Waals surface area contributed by atoms with Crippen molar-refractivity contribution in [2.75, 3.05) is 6.61 Å². The Kier molecular flexibility index (Phi) is 6.17. The summed E-state index contributed by atoms with van der Waals surface area (Å²) in [7, 11) is 0. The van der Waals surface area contributed by atoms with Crippen molar-refractivity contribution in [3.8, 4) is 0 Å². The van der Waals surface area contributed by atoms with Gasteiger partial charge in [-0.15, -0.1) is 0 Å². The molecule has 0 aromatic carbocycles. The standard InChI is InChI=1S/C16H26O4/c1-2-19-16(20-12-7-4-3-5-8-12)11-13-14(17)9-6-10-15(13)18/h12-13,16H,2-11H2,1H3. The lowest BCUT2D eigenvalue weighted by atomic mass is 9.84. The minimum Gasteiger partial charge on any atom is -0.353 e. The molecule has 20 heavy (non-hydrogen) atoms. The highest BCUT2D eigenvalue weighted by Crippen LogP contribution is 2.27. The Balaban J connectivity index is 1.89. The van der Waals surface area contributed by atoms with Crippen molar-refractivity contribution in [1.82, 2.24) is 0 Å². The number of carbonyl (C=O) groups is 2. The van der Waals surface area contributed by atoms with E-state index in [4.69, 9.17) is 9.47 Å². The molecule has 4 heteroatoms. The van der Waals surface area contributed by atoms with Gasteiger partial charge >= 0.3 is 0 Å². The minimum absolute atomic E-state index is 0.0678. The molecule has 2 saturated carbocycles. The molecular formula is C16H26O4. The van der Waals surface area contributed by atoms with Crippen molar-refractivity contribution in [3.05, 3.63) is 0 Å². The number of rotatable bonds is 6. The van der Waals surface area contributed by atoms with E-state index in [0.717, 1.165) is 12.8 Å². The van der Waals surface area contributed by atoms with Crippen LogP contribution >= 0.6 is 0 Å². The van der Waals surface area contributed by atoms with Crippen LogP contribution in [0, 0.1) is 5.92 Å². The highest BCUT2D eigenvalue weighted by molar-refractivity contribution is 6.04. The van der Waals surface area contributed by atoms with Gasteiger partial charge in [0.15, 0.2) is 6.29 Å². The molecule has 4 nitrogen and oxygen atoms in total. The molecule has 114 valence electrons. The highest BCUT2D eigenvalue weighted by atomic mass is 16.7. The minimum atomic E-state index is -0.496. The Morgan fingerprint density at radius 3 is 2.30 bits per heavy atom. The third-order valence-corrected chi connectivity index (χ3v) is 4.30. The number of hydrogen-bond acceptors (Lipinski definition) is 4. The van der Waals surface area contributed by atoms with E-state index < -0.39 is 12.2 Å². The molecule has 0 saturated heterocycles. The second-order valence-electron chi connectivity index (χ2n) is 5.86. The molecule has 0 radical (unpaired) electrons. The van der Waals surface area contributed by atoms with E-state index in [1.165, 1.54) is 19.3 Å². The quantitative estimate of drug-likeness (QED) is 0.555. The monoisotopic (exact) mass is 282 g/mol. The molecule has 2 aliphatic carbocycles. The zero-order valence-corrected chi connectivity index (χ0v) is 12.4. The fourth-order valence-electron chi connectivity index (χ4n) is 3.18. The van der Waals surface area contributed by atoms with Gasteiger partial charge in [-0.25, -0.2) is 0 Å². The first-order valence-electron chi connectivity index (χ1n) is 8.03. The molecule has 1 unspecified atom stereocenters. The third kappa shape index (κ3) is 4.38. The highest BCUT2D eigenvalue weighted by Gasteiger charge is 2.33. The van der Waals surface area contributed by atoms with E-state index in [-0.39, 0.29) is 17.7 Å². The van der Waals surface area contributed by atoms with E-state index in [1.54, 1.807) is 0 Å². The van der Waals surface area contributed by atoms with Crippen LogP contribution in [-0.2, 0) is 19.1 Å². The van der Waals surface area contributed by atoms with Crippen LogP contribution in [0.25, 0.3) is 0 Å². The van der Waals surface area contributed by atoms with Crippen molar-refractivity contribution in [2.24, 2.45) is 5.92 Å². The average molecular weight is 282 g/mol. The molecule has 0 bridgehead atoms. The molecule has 0 aliphatic heterocycles. The zero-order valence-electron chi connectivity index (χ0n) is 12.4. The van der Waals surface area contributed by atoms with Gasteiger partial charge in [0, 0.05) is 25.9 Å². The second kappa shape index (κ2) is 7.89.